The zero-order valence-corrected chi connectivity index (χ0v) is 14.9. The molecule has 1 heterocycles. The van der Waals surface area contributed by atoms with Crippen LogP contribution in [0, 0.1) is 0 Å². The second-order valence-electron chi connectivity index (χ2n) is 5.90. The fourth-order valence-corrected chi connectivity index (χ4v) is 2.29. The van der Waals surface area contributed by atoms with Crippen molar-refractivity contribution in [1.82, 2.24) is 9.88 Å². The second-order valence-corrected chi connectivity index (χ2v) is 5.90. The Morgan fingerprint density at radius 3 is 2.24 bits per heavy atom. The molecule has 0 aliphatic carbocycles. The van der Waals surface area contributed by atoms with E-state index in [2.05, 4.69) is 22.5 Å². The molecule has 6 nitrogen and oxygen atoms in total. The van der Waals surface area contributed by atoms with Gasteiger partial charge in [-0.3, -0.25) is 9.59 Å². The lowest BCUT2D eigenvalue weighted by atomic mass is 10.2. The molecule has 0 bridgehead atoms. The van der Waals surface area contributed by atoms with Crippen LogP contribution in [0.1, 0.15) is 37.2 Å². The lowest BCUT2D eigenvalue weighted by Crippen LogP contribution is -2.28. The fourth-order valence-electron chi connectivity index (χ4n) is 2.29. The van der Waals surface area contributed by atoms with E-state index in [0.29, 0.717) is 5.69 Å². The van der Waals surface area contributed by atoms with Gasteiger partial charge < -0.3 is 15.5 Å². The van der Waals surface area contributed by atoms with Crippen LogP contribution >= 0.6 is 0 Å². The van der Waals surface area contributed by atoms with E-state index in [0.717, 1.165) is 36.4 Å². The van der Waals surface area contributed by atoms with Gasteiger partial charge in [-0.2, -0.15) is 0 Å². The van der Waals surface area contributed by atoms with Crippen LogP contribution in [0.5, 0.6) is 0 Å². The average molecular weight is 340 g/mol. The molecule has 1 aromatic carbocycles. The predicted octanol–water partition coefficient (Wildman–Crippen LogP) is 3.66. The Morgan fingerprint density at radius 1 is 1.04 bits per heavy atom. The van der Waals surface area contributed by atoms with Crippen LogP contribution in [-0.2, 0) is 4.79 Å². The number of hydrogen-bond acceptors (Lipinski definition) is 4. The maximum atomic E-state index is 12.3. The molecule has 6 heteroatoms. The van der Waals surface area contributed by atoms with E-state index >= 15 is 0 Å². The highest BCUT2D eigenvalue weighted by Crippen LogP contribution is 2.18. The van der Waals surface area contributed by atoms with Crippen molar-refractivity contribution in [2.45, 2.75) is 26.7 Å². The quantitative estimate of drug-likeness (QED) is 0.807. The molecule has 1 aromatic heterocycles. The van der Waals surface area contributed by atoms with Crippen molar-refractivity contribution in [3.05, 3.63) is 48.3 Å². The van der Waals surface area contributed by atoms with Crippen LogP contribution in [0.15, 0.2) is 42.6 Å². The average Bonchev–Trinajstić information content (AvgIpc) is 2.61. The zero-order chi connectivity index (χ0) is 18.2. The van der Waals surface area contributed by atoms with Crippen molar-refractivity contribution in [3.8, 4) is 0 Å². The lowest BCUT2D eigenvalue weighted by molar-refractivity contribution is -0.114. The Hall–Kier alpha value is -2.89. The third-order valence-electron chi connectivity index (χ3n) is 3.67. The summed E-state index contributed by atoms with van der Waals surface area (Å²) in [5, 5.41) is 5.93. The molecule has 0 aliphatic rings. The summed E-state index contributed by atoms with van der Waals surface area (Å²) in [5.74, 6) is -0.172. The van der Waals surface area contributed by atoms with Crippen molar-refractivity contribution < 1.29 is 9.59 Å². The molecule has 0 aliphatic heterocycles. The van der Waals surface area contributed by atoms with Crippen LogP contribution in [0.4, 0.5) is 17.1 Å². The summed E-state index contributed by atoms with van der Waals surface area (Å²) in [7, 11) is 1.79. The molecule has 25 heavy (non-hydrogen) atoms. The number of carbonyl (C=O) groups is 2. The standard InChI is InChI=1S/C19H24N4O2/c1-4-5-12-23(3)19(25)18-11-10-17(13-20-18)22-16-8-6-15(7-9-16)21-14(2)24/h6-11,13,22H,4-5,12H2,1-3H3,(H,21,24). The minimum Gasteiger partial charge on any atom is -0.354 e. The Kier molecular flexibility index (Phi) is 6.51. The first kappa shape index (κ1) is 18.4. The molecule has 2 N–H and O–H groups in total. The molecule has 0 saturated carbocycles. The monoisotopic (exact) mass is 340 g/mol. The smallest absolute Gasteiger partial charge is 0.272 e. The zero-order valence-electron chi connectivity index (χ0n) is 14.9. The second kappa shape index (κ2) is 8.82. The lowest BCUT2D eigenvalue weighted by Gasteiger charge is -2.16. The number of nitrogens with one attached hydrogen (secondary N) is 2. The van der Waals surface area contributed by atoms with Crippen molar-refractivity contribution in [3.63, 3.8) is 0 Å². The minimum atomic E-state index is -0.103. The summed E-state index contributed by atoms with van der Waals surface area (Å²) < 4.78 is 0. The van der Waals surface area contributed by atoms with Crippen LogP contribution in [0.2, 0.25) is 0 Å². The van der Waals surface area contributed by atoms with Crippen molar-refractivity contribution >= 4 is 28.9 Å². The van der Waals surface area contributed by atoms with Gasteiger partial charge in [-0.15, -0.1) is 0 Å². The molecule has 0 spiro atoms. The number of amides is 2. The number of benzene rings is 1. The fraction of sp³-hybridized carbons (Fsp3) is 0.316. The maximum Gasteiger partial charge on any atom is 0.272 e. The molecule has 0 fully saturated rings. The van der Waals surface area contributed by atoms with E-state index in [-0.39, 0.29) is 11.8 Å². The first-order valence-electron chi connectivity index (χ1n) is 8.35. The molecule has 2 amide bonds. The third kappa shape index (κ3) is 5.60. The van der Waals surface area contributed by atoms with Crippen LogP contribution in [0.3, 0.4) is 0 Å². The molecule has 0 radical (unpaired) electrons. The molecular weight excluding hydrogens is 316 g/mol. The van der Waals surface area contributed by atoms with Crippen LogP contribution in [0.25, 0.3) is 0 Å². The largest absolute Gasteiger partial charge is 0.354 e. The Morgan fingerprint density at radius 2 is 1.68 bits per heavy atom. The first-order valence-corrected chi connectivity index (χ1v) is 8.35. The number of pyridine rings is 1. The van der Waals surface area contributed by atoms with Crippen molar-refractivity contribution in [1.29, 1.82) is 0 Å². The van der Waals surface area contributed by atoms with Gasteiger partial charge in [-0.05, 0) is 42.8 Å². The number of aromatic nitrogens is 1. The van der Waals surface area contributed by atoms with E-state index in [1.54, 1.807) is 24.2 Å². The van der Waals surface area contributed by atoms with Gasteiger partial charge in [0.2, 0.25) is 5.91 Å². The number of unbranched alkanes of at least 4 members (excludes halogenated alkanes) is 1. The Bertz CT molecular complexity index is 711. The van der Waals surface area contributed by atoms with E-state index < -0.39 is 0 Å². The first-order chi connectivity index (χ1) is 12.0. The Labute approximate surface area is 148 Å². The van der Waals surface area contributed by atoms with Gasteiger partial charge in [0.1, 0.15) is 5.69 Å². The van der Waals surface area contributed by atoms with Gasteiger partial charge in [0.25, 0.3) is 5.91 Å². The maximum absolute atomic E-state index is 12.3. The summed E-state index contributed by atoms with van der Waals surface area (Å²) in [6.07, 6.45) is 3.67. The van der Waals surface area contributed by atoms with Crippen molar-refractivity contribution in [2.24, 2.45) is 0 Å². The third-order valence-corrected chi connectivity index (χ3v) is 3.67. The number of anilines is 3. The van der Waals surface area contributed by atoms with E-state index in [9.17, 15) is 9.59 Å². The highest BCUT2D eigenvalue weighted by atomic mass is 16.2. The molecule has 0 unspecified atom stereocenters. The molecule has 2 rings (SSSR count). The van der Waals surface area contributed by atoms with Gasteiger partial charge in [-0.1, -0.05) is 13.3 Å². The molecule has 2 aromatic rings. The van der Waals surface area contributed by atoms with Gasteiger partial charge >= 0.3 is 0 Å². The van der Waals surface area contributed by atoms with E-state index in [4.69, 9.17) is 0 Å². The SMILES string of the molecule is CCCCN(C)C(=O)c1ccc(Nc2ccc(NC(C)=O)cc2)cn1. The van der Waals surface area contributed by atoms with E-state index in [1.165, 1.54) is 6.92 Å². The van der Waals surface area contributed by atoms with Crippen LogP contribution < -0.4 is 10.6 Å². The minimum absolute atomic E-state index is 0.0698. The van der Waals surface area contributed by atoms with Gasteiger partial charge in [-0.25, -0.2) is 4.98 Å². The van der Waals surface area contributed by atoms with Gasteiger partial charge in [0.15, 0.2) is 0 Å². The number of rotatable bonds is 7. The summed E-state index contributed by atoms with van der Waals surface area (Å²) in [4.78, 5) is 29.2. The highest BCUT2D eigenvalue weighted by molar-refractivity contribution is 5.92. The summed E-state index contributed by atoms with van der Waals surface area (Å²) in [6, 6.07) is 10.9. The van der Waals surface area contributed by atoms with Gasteiger partial charge in [0, 0.05) is 31.9 Å². The topological polar surface area (TPSA) is 74.3 Å². The van der Waals surface area contributed by atoms with Gasteiger partial charge in [0.05, 0.1) is 11.9 Å². The predicted molar refractivity (Wildman–Crippen MR) is 100 cm³/mol. The molecule has 0 saturated heterocycles. The highest BCUT2D eigenvalue weighted by Gasteiger charge is 2.12. The number of nitrogens with zero attached hydrogens (tertiary/aromatic N) is 2. The molecule has 132 valence electrons. The van der Waals surface area contributed by atoms with E-state index in [1.807, 2.05) is 30.3 Å². The Balaban J connectivity index is 1.98. The van der Waals surface area contributed by atoms with Crippen LogP contribution in [-0.4, -0.2) is 35.3 Å². The summed E-state index contributed by atoms with van der Waals surface area (Å²) >= 11 is 0. The van der Waals surface area contributed by atoms with Crippen molar-refractivity contribution in [2.75, 3.05) is 24.2 Å². The normalized spacial score (nSPS) is 10.2. The summed E-state index contributed by atoms with van der Waals surface area (Å²) in [5.41, 5.74) is 2.84. The number of carbonyl (C=O) groups excluding carboxylic acids is 2. The number of hydrogen-bond donors (Lipinski definition) is 2. The molecular formula is C19H24N4O2. The molecule has 0 atom stereocenters. The summed E-state index contributed by atoms with van der Waals surface area (Å²) in [6.45, 7) is 4.30.